The van der Waals surface area contributed by atoms with Gasteiger partial charge in [-0.1, -0.05) is 169 Å². The fourth-order valence-electron chi connectivity index (χ4n) is 7.44. The third-order valence-electron chi connectivity index (χ3n) is 9.73. The molecule has 0 saturated carbocycles. The highest BCUT2D eigenvalue weighted by Crippen LogP contribution is 2.56. The molecule has 6 aromatic carbocycles. The summed E-state index contributed by atoms with van der Waals surface area (Å²) in [5, 5.41) is 0. The van der Waals surface area contributed by atoms with Crippen molar-refractivity contribution in [3.05, 3.63) is 213 Å². The monoisotopic (exact) mass is 646 g/mol. The van der Waals surface area contributed by atoms with Gasteiger partial charge >= 0.3 is 0 Å². The van der Waals surface area contributed by atoms with Crippen LogP contribution in [0.4, 0.5) is 0 Å². The van der Waals surface area contributed by atoms with Crippen LogP contribution in [-0.4, -0.2) is 22.8 Å². The smallest absolute Gasteiger partial charge is 0.226 e. The number of benzene rings is 6. The van der Waals surface area contributed by atoms with Gasteiger partial charge in [-0.15, -0.1) is 0 Å². The Hall–Kier alpha value is -6.00. The Bertz CT molecular complexity index is 2060. The standard InChI is InChI=1S/C46H38N4/c1-31-25-27-39(33(3)29-31)45(47-41(35-17-9-5-10-18-35)42(48-45)36-19-11-6-12-20-36)46(40-28-26-32(2)30-34(40)4)49-43(37-21-13-7-14-22-37)44(50-46)38-23-15-8-16-24-38/h5-30H,1-4H3. The van der Waals surface area contributed by atoms with E-state index in [-0.39, 0.29) is 0 Å². The van der Waals surface area contributed by atoms with Gasteiger partial charge in [0.15, 0.2) is 0 Å². The van der Waals surface area contributed by atoms with E-state index < -0.39 is 11.3 Å². The second-order valence-electron chi connectivity index (χ2n) is 13.3. The first-order valence-electron chi connectivity index (χ1n) is 17.2. The zero-order chi connectivity index (χ0) is 34.3. The van der Waals surface area contributed by atoms with Crippen LogP contribution in [0, 0.1) is 27.7 Å². The zero-order valence-corrected chi connectivity index (χ0v) is 28.8. The van der Waals surface area contributed by atoms with Crippen LogP contribution in [0.15, 0.2) is 178 Å². The molecule has 2 aliphatic rings. The average molecular weight is 647 g/mol. The third-order valence-corrected chi connectivity index (χ3v) is 9.73. The van der Waals surface area contributed by atoms with Crippen LogP contribution >= 0.6 is 0 Å². The van der Waals surface area contributed by atoms with Gasteiger partial charge in [0.1, 0.15) is 0 Å². The van der Waals surface area contributed by atoms with Crippen molar-refractivity contribution in [1.82, 2.24) is 0 Å². The summed E-state index contributed by atoms with van der Waals surface area (Å²) < 4.78 is 0. The predicted octanol–water partition coefficient (Wildman–Crippen LogP) is 9.91. The van der Waals surface area contributed by atoms with E-state index in [2.05, 4.69) is 161 Å². The predicted molar refractivity (Wildman–Crippen MR) is 207 cm³/mol. The van der Waals surface area contributed by atoms with Crippen LogP contribution in [0.1, 0.15) is 55.6 Å². The van der Waals surface area contributed by atoms with Gasteiger partial charge in [-0.05, 0) is 38.8 Å². The van der Waals surface area contributed by atoms with E-state index in [1.54, 1.807) is 0 Å². The van der Waals surface area contributed by atoms with E-state index in [0.29, 0.717) is 0 Å². The third kappa shape index (κ3) is 5.16. The molecule has 0 spiro atoms. The normalized spacial score (nSPS) is 16.0. The van der Waals surface area contributed by atoms with Gasteiger partial charge in [-0.2, -0.15) is 0 Å². The molecule has 0 aliphatic carbocycles. The topological polar surface area (TPSA) is 49.4 Å². The molecular formula is C46H38N4. The lowest BCUT2D eigenvalue weighted by molar-refractivity contribution is 0.255. The first-order valence-corrected chi connectivity index (χ1v) is 17.2. The maximum atomic E-state index is 5.86. The number of nitrogens with zero attached hydrogens (tertiary/aromatic N) is 4. The lowest BCUT2D eigenvalue weighted by Crippen LogP contribution is -2.44. The summed E-state index contributed by atoms with van der Waals surface area (Å²) in [6.07, 6.45) is 0. The van der Waals surface area contributed by atoms with Crippen molar-refractivity contribution in [2.75, 3.05) is 0 Å². The summed E-state index contributed by atoms with van der Waals surface area (Å²) in [7, 11) is 0. The summed E-state index contributed by atoms with van der Waals surface area (Å²) in [6.45, 7) is 8.57. The lowest BCUT2D eigenvalue weighted by atomic mass is 9.78. The van der Waals surface area contributed by atoms with Crippen molar-refractivity contribution in [3.63, 3.8) is 0 Å². The van der Waals surface area contributed by atoms with Gasteiger partial charge in [-0.3, -0.25) is 0 Å². The molecule has 0 bridgehead atoms. The first-order chi connectivity index (χ1) is 24.4. The Morgan fingerprint density at radius 1 is 0.320 bits per heavy atom. The van der Waals surface area contributed by atoms with Crippen LogP contribution in [0.25, 0.3) is 0 Å². The fraction of sp³-hybridized carbons (Fsp3) is 0.130. The molecule has 2 aliphatic heterocycles. The molecule has 0 amide bonds. The van der Waals surface area contributed by atoms with Crippen LogP contribution < -0.4 is 0 Å². The largest absolute Gasteiger partial charge is 0.243 e. The molecule has 0 fully saturated rings. The van der Waals surface area contributed by atoms with Crippen molar-refractivity contribution >= 4 is 22.8 Å². The van der Waals surface area contributed by atoms with Crippen LogP contribution in [-0.2, 0) is 11.3 Å². The Labute approximate surface area is 294 Å². The average Bonchev–Trinajstić information content (AvgIpc) is 3.76. The Morgan fingerprint density at radius 3 is 0.820 bits per heavy atom. The van der Waals surface area contributed by atoms with Crippen LogP contribution in [0.3, 0.4) is 0 Å². The number of hydrogen-bond acceptors (Lipinski definition) is 4. The molecule has 4 heteroatoms. The molecular weight excluding hydrogens is 609 g/mol. The molecule has 0 unspecified atom stereocenters. The molecule has 0 saturated heterocycles. The highest BCUT2D eigenvalue weighted by molar-refractivity contribution is 6.55. The van der Waals surface area contributed by atoms with E-state index in [9.17, 15) is 0 Å². The minimum atomic E-state index is -1.29. The summed E-state index contributed by atoms with van der Waals surface area (Å²) >= 11 is 0. The SMILES string of the molecule is Cc1ccc(C2(C3(c4ccc(C)cc4C)N=C(c4ccccc4)C(c4ccccc4)=N3)N=C(c3ccccc3)C(c3ccccc3)=N2)c(C)c1. The van der Waals surface area contributed by atoms with Crippen molar-refractivity contribution in [2.45, 2.75) is 39.0 Å². The summed E-state index contributed by atoms with van der Waals surface area (Å²) in [5.74, 6) is 0. The first kappa shape index (κ1) is 31.3. The van der Waals surface area contributed by atoms with Gasteiger partial charge < -0.3 is 0 Å². The molecule has 242 valence electrons. The van der Waals surface area contributed by atoms with Crippen molar-refractivity contribution in [3.8, 4) is 0 Å². The molecule has 0 atom stereocenters. The fourth-order valence-corrected chi connectivity index (χ4v) is 7.44. The molecule has 0 radical (unpaired) electrons. The molecule has 8 rings (SSSR count). The number of aryl methyl sites for hydroxylation is 4. The van der Waals surface area contributed by atoms with Crippen LogP contribution in [0.2, 0.25) is 0 Å². The number of aliphatic imine (C=N–C) groups is 4. The highest BCUT2D eigenvalue weighted by atomic mass is 15.3. The van der Waals surface area contributed by atoms with Gasteiger partial charge in [0.25, 0.3) is 0 Å². The van der Waals surface area contributed by atoms with E-state index in [1.165, 1.54) is 11.1 Å². The second kappa shape index (κ2) is 12.5. The summed E-state index contributed by atoms with van der Waals surface area (Å²) in [4.78, 5) is 23.4. The van der Waals surface area contributed by atoms with E-state index in [0.717, 1.165) is 67.4 Å². The van der Waals surface area contributed by atoms with Crippen LogP contribution in [0.5, 0.6) is 0 Å². The van der Waals surface area contributed by atoms with E-state index in [1.807, 2.05) is 24.3 Å². The van der Waals surface area contributed by atoms with Gasteiger partial charge in [0, 0.05) is 33.4 Å². The molecule has 4 nitrogen and oxygen atoms in total. The Kier molecular flexibility index (Phi) is 7.80. The molecule has 6 aromatic rings. The maximum Gasteiger partial charge on any atom is 0.226 e. The maximum absolute atomic E-state index is 5.86. The zero-order valence-electron chi connectivity index (χ0n) is 28.8. The summed E-state index contributed by atoms with van der Waals surface area (Å²) in [5.41, 5.74) is 11.1. The molecule has 0 N–H and O–H groups in total. The highest BCUT2D eigenvalue weighted by Gasteiger charge is 2.61. The molecule has 0 aromatic heterocycles. The number of hydrogen-bond donors (Lipinski definition) is 0. The van der Waals surface area contributed by atoms with Gasteiger partial charge in [0.05, 0.1) is 22.8 Å². The minimum absolute atomic E-state index is 0.820. The minimum Gasteiger partial charge on any atom is -0.243 e. The van der Waals surface area contributed by atoms with E-state index >= 15 is 0 Å². The Balaban J connectivity index is 1.57. The second-order valence-corrected chi connectivity index (χ2v) is 13.3. The number of rotatable bonds is 7. The van der Waals surface area contributed by atoms with Crippen molar-refractivity contribution in [2.24, 2.45) is 20.0 Å². The Morgan fingerprint density at radius 2 is 0.580 bits per heavy atom. The van der Waals surface area contributed by atoms with Crippen molar-refractivity contribution in [1.29, 1.82) is 0 Å². The van der Waals surface area contributed by atoms with Crippen molar-refractivity contribution < 1.29 is 0 Å². The van der Waals surface area contributed by atoms with Gasteiger partial charge in [0.2, 0.25) is 11.3 Å². The van der Waals surface area contributed by atoms with E-state index in [4.69, 9.17) is 20.0 Å². The molecule has 2 heterocycles. The lowest BCUT2D eigenvalue weighted by Gasteiger charge is -2.40. The quantitative estimate of drug-likeness (QED) is 0.166. The molecule has 50 heavy (non-hydrogen) atoms. The summed E-state index contributed by atoms with van der Waals surface area (Å²) in [6, 6.07) is 54.7. The van der Waals surface area contributed by atoms with Gasteiger partial charge in [-0.25, -0.2) is 20.0 Å².